The van der Waals surface area contributed by atoms with E-state index in [0.717, 1.165) is 31.6 Å². The second kappa shape index (κ2) is 7.87. The first kappa shape index (κ1) is 16.4. The summed E-state index contributed by atoms with van der Waals surface area (Å²) in [4.78, 5) is 4.18. The normalized spacial score (nSPS) is 18.0. The summed E-state index contributed by atoms with van der Waals surface area (Å²) >= 11 is 0. The van der Waals surface area contributed by atoms with Crippen molar-refractivity contribution in [2.75, 3.05) is 31.9 Å². The number of hydrogen-bond acceptors (Lipinski definition) is 4. The molecule has 0 aromatic carbocycles. The quantitative estimate of drug-likeness (QED) is 0.824. The van der Waals surface area contributed by atoms with Crippen molar-refractivity contribution in [1.82, 2.24) is 14.6 Å². The van der Waals surface area contributed by atoms with Crippen LogP contribution in [0.1, 0.15) is 25.5 Å². The third-order valence-corrected chi connectivity index (χ3v) is 5.86. The van der Waals surface area contributed by atoms with E-state index in [1.54, 1.807) is 10.5 Å². The molecule has 1 N–H and O–H groups in total. The molecule has 2 heterocycles. The zero-order valence-corrected chi connectivity index (χ0v) is 13.5. The van der Waals surface area contributed by atoms with Crippen molar-refractivity contribution in [3.8, 4) is 0 Å². The molecule has 0 amide bonds. The molecule has 6 heteroatoms. The van der Waals surface area contributed by atoms with Crippen LogP contribution in [0.5, 0.6) is 0 Å². The highest BCUT2D eigenvalue weighted by Crippen LogP contribution is 2.19. The topological polar surface area (TPSA) is 62.3 Å². The van der Waals surface area contributed by atoms with Gasteiger partial charge < -0.3 is 5.32 Å². The molecule has 1 aromatic heterocycles. The molecule has 0 bridgehead atoms. The fourth-order valence-corrected chi connectivity index (χ4v) is 4.14. The van der Waals surface area contributed by atoms with Gasteiger partial charge in [0.1, 0.15) is 0 Å². The summed E-state index contributed by atoms with van der Waals surface area (Å²) in [7, 11) is -3.15. The number of rotatable bonds is 7. The van der Waals surface area contributed by atoms with Gasteiger partial charge in [0.25, 0.3) is 0 Å². The van der Waals surface area contributed by atoms with Crippen molar-refractivity contribution in [3.63, 3.8) is 0 Å². The van der Waals surface area contributed by atoms with Crippen molar-refractivity contribution in [3.05, 3.63) is 30.1 Å². The average Bonchev–Trinajstić information content (AvgIpc) is 2.52. The van der Waals surface area contributed by atoms with Gasteiger partial charge in [-0.15, -0.1) is 0 Å². The van der Waals surface area contributed by atoms with Crippen LogP contribution in [0.2, 0.25) is 0 Å². The first-order chi connectivity index (χ1) is 10.1. The first-order valence-corrected chi connectivity index (χ1v) is 9.31. The molecule has 0 radical (unpaired) electrons. The van der Waals surface area contributed by atoms with Crippen molar-refractivity contribution < 1.29 is 8.42 Å². The number of piperidine rings is 1. The third-order valence-electron chi connectivity index (χ3n) is 3.99. The smallest absolute Gasteiger partial charge is 0.214 e. The summed E-state index contributed by atoms with van der Waals surface area (Å²) in [5.74, 6) is 0.759. The standard InChI is InChI=1S/C15H25N3O2S/c1-2-16-13-14-6-10-18(11-7-14)21(19,20)12-8-15-5-3-4-9-17-15/h3-5,9,14,16H,2,6-8,10-13H2,1H3. The van der Waals surface area contributed by atoms with Crippen LogP contribution in [0.15, 0.2) is 24.4 Å². The number of hydrogen-bond donors (Lipinski definition) is 1. The predicted molar refractivity (Wildman–Crippen MR) is 84.6 cm³/mol. The van der Waals surface area contributed by atoms with Gasteiger partial charge in [0.2, 0.25) is 10.0 Å². The fourth-order valence-electron chi connectivity index (χ4n) is 2.65. The van der Waals surface area contributed by atoms with Crippen LogP contribution in [0, 0.1) is 5.92 Å². The minimum atomic E-state index is -3.15. The molecule has 0 aliphatic carbocycles. The SMILES string of the molecule is CCNCC1CCN(S(=O)(=O)CCc2ccccn2)CC1. The Morgan fingerprint density at radius 2 is 2.10 bits per heavy atom. The van der Waals surface area contributed by atoms with Gasteiger partial charge in [-0.1, -0.05) is 13.0 Å². The van der Waals surface area contributed by atoms with E-state index in [1.165, 1.54) is 0 Å². The largest absolute Gasteiger partial charge is 0.317 e. The number of nitrogens with one attached hydrogen (secondary N) is 1. The lowest BCUT2D eigenvalue weighted by atomic mass is 9.98. The maximum absolute atomic E-state index is 12.4. The highest BCUT2D eigenvalue weighted by atomic mass is 32.2. The second-order valence-corrected chi connectivity index (χ2v) is 7.63. The number of sulfonamides is 1. The Morgan fingerprint density at radius 1 is 1.33 bits per heavy atom. The molecule has 0 unspecified atom stereocenters. The molecule has 1 fully saturated rings. The molecule has 5 nitrogen and oxygen atoms in total. The molecule has 1 saturated heterocycles. The summed E-state index contributed by atoms with van der Waals surface area (Å²) < 4.78 is 26.4. The van der Waals surface area contributed by atoms with Crippen molar-refractivity contribution >= 4 is 10.0 Å². The minimum absolute atomic E-state index is 0.155. The van der Waals surface area contributed by atoms with E-state index in [4.69, 9.17) is 0 Å². The first-order valence-electron chi connectivity index (χ1n) is 7.70. The number of nitrogens with zero attached hydrogens (tertiary/aromatic N) is 2. The summed E-state index contributed by atoms with van der Waals surface area (Å²) in [6, 6.07) is 5.60. The summed E-state index contributed by atoms with van der Waals surface area (Å²) in [6.45, 7) is 5.37. The van der Waals surface area contributed by atoms with Gasteiger partial charge in [-0.2, -0.15) is 0 Å². The lowest BCUT2D eigenvalue weighted by Crippen LogP contribution is -2.42. The van der Waals surface area contributed by atoms with Crippen LogP contribution in [0.25, 0.3) is 0 Å². The van der Waals surface area contributed by atoms with Crippen molar-refractivity contribution in [1.29, 1.82) is 0 Å². The monoisotopic (exact) mass is 311 g/mol. The second-order valence-electron chi connectivity index (χ2n) is 5.54. The Morgan fingerprint density at radius 3 is 2.71 bits per heavy atom. The van der Waals surface area contributed by atoms with Crippen LogP contribution >= 0.6 is 0 Å². The Balaban J connectivity index is 1.81. The molecular formula is C15H25N3O2S. The lowest BCUT2D eigenvalue weighted by Gasteiger charge is -2.31. The zero-order chi connectivity index (χ0) is 15.1. The zero-order valence-electron chi connectivity index (χ0n) is 12.7. The van der Waals surface area contributed by atoms with Crippen LogP contribution in [0.3, 0.4) is 0 Å². The molecule has 21 heavy (non-hydrogen) atoms. The van der Waals surface area contributed by atoms with Gasteiger partial charge in [-0.25, -0.2) is 12.7 Å². The number of aromatic nitrogens is 1. The Bertz CT molecular complexity index is 511. The van der Waals surface area contributed by atoms with Gasteiger partial charge in [0, 0.05) is 31.4 Å². The highest BCUT2D eigenvalue weighted by molar-refractivity contribution is 7.89. The summed E-state index contributed by atoms with van der Waals surface area (Å²) in [6.07, 6.45) is 4.10. The van der Waals surface area contributed by atoms with E-state index >= 15 is 0 Å². The van der Waals surface area contributed by atoms with E-state index in [2.05, 4.69) is 17.2 Å². The number of aryl methyl sites for hydroxylation is 1. The van der Waals surface area contributed by atoms with Crippen LogP contribution in [0.4, 0.5) is 0 Å². The van der Waals surface area contributed by atoms with E-state index in [9.17, 15) is 8.42 Å². The Kier molecular flexibility index (Phi) is 6.14. The highest BCUT2D eigenvalue weighted by Gasteiger charge is 2.27. The van der Waals surface area contributed by atoms with E-state index in [-0.39, 0.29) is 5.75 Å². The Labute approximate surface area is 127 Å². The summed E-state index contributed by atoms with van der Waals surface area (Å²) in [5.41, 5.74) is 0.836. The predicted octanol–water partition coefficient (Wildman–Crippen LogP) is 1.28. The van der Waals surface area contributed by atoms with Gasteiger partial charge >= 0.3 is 0 Å². The fraction of sp³-hybridized carbons (Fsp3) is 0.667. The van der Waals surface area contributed by atoms with Crippen molar-refractivity contribution in [2.24, 2.45) is 5.92 Å². The third kappa shape index (κ3) is 5.05. The molecule has 1 aromatic rings. The van der Waals surface area contributed by atoms with Gasteiger partial charge in [-0.3, -0.25) is 4.98 Å². The van der Waals surface area contributed by atoms with Crippen molar-refractivity contribution in [2.45, 2.75) is 26.2 Å². The molecule has 0 saturated carbocycles. The van der Waals surface area contributed by atoms with Crippen LogP contribution in [-0.2, 0) is 16.4 Å². The molecule has 0 atom stereocenters. The minimum Gasteiger partial charge on any atom is -0.317 e. The maximum Gasteiger partial charge on any atom is 0.214 e. The van der Waals surface area contributed by atoms with Gasteiger partial charge in [0.15, 0.2) is 0 Å². The van der Waals surface area contributed by atoms with Gasteiger partial charge in [-0.05, 0) is 44.0 Å². The van der Waals surface area contributed by atoms with Crippen LogP contribution in [-0.4, -0.2) is 49.6 Å². The molecule has 118 valence electrons. The molecule has 1 aliphatic rings. The summed E-state index contributed by atoms with van der Waals surface area (Å²) in [5, 5.41) is 3.34. The molecular weight excluding hydrogens is 286 g/mol. The van der Waals surface area contributed by atoms with E-state index < -0.39 is 10.0 Å². The molecule has 2 rings (SSSR count). The van der Waals surface area contributed by atoms with Gasteiger partial charge in [0.05, 0.1) is 5.75 Å². The van der Waals surface area contributed by atoms with E-state index in [0.29, 0.717) is 25.4 Å². The molecule has 1 aliphatic heterocycles. The lowest BCUT2D eigenvalue weighted by molar-refractivity contribution is 0.268. The van der Waals surface area contributed by atoms with E-state index in [1.807, 2.05) is 18.2 Å². The maximum atomic E-state index is 12.4. The molecule has 0 spiro atoms. The average molecular weight is 311 g/mol. The van der Waals surface area contributed by atoms with Crippen LogP contribution < -0.4 is 5.32 Å². The Hall–Kier alpha value is -0.980. The number of pyridine rings is 1.